The van der Waals surface area contributed by atoms with Crippen molar-refractivity contribution in [3.05, 3.63) is 62.5 Å². The van der Waals surface area contributed by atoms with Gasteiger partial charge in [-0.2, -0.15) is 0 Å². The Kier molecular flexibility index (Phi) is 4.48. The van der Waals surface area contributed by atoms with Crippen molar-refractivity contribution in [2.24, 2.45) is 5.73 Å². The standard InChI is InChI=1S/C13H11Br2FN2/c14-9-1-2-11(12(16)5-9)13(17)4-8-3-10(15)7-18-6-8/h1-3,5-7,13H,4,17H2. The summed E-state index contributed by atoms with van der Waals surface area (Å²) in [6.07, 6.45) is 3.99. The van der Waals surface area contributed by atoms with E-state index >= 15 is 0 Å². The fourth-order valence-electron chi connectivity index (χ4n) is 1.73. The van der Waals surface area contributed by atoms with Gasteiger partial charge in [0.05, 0.1) is 0 Å². The predicted octanol–water partition coefficient (Wildman–Crippen LogP) is 3.99. The van der Waals surface area contributed by atoms with Gasteiger partial charge in [0.25, 0.3) is 0 Å². The van der Waals surface area contributed by atoms with Crippen LogP contribution in [0.25, 0.3) is 0 Å². The van der Waals surface area contributed by atoms with Gasteiger partial charge in [0.2, 0.25) is 0 Å². The van der Waals surface area contributed by atoms with E-state index in [1.54, 1.807) is 24.5 Å². The number of benzene rings is 1. The van der Waals surface area contributed by atoms with E-state index in [9.17, 15) is 4.39 Å². The first-order valence-corrected chi connectivity index (χ1v) is 6.95. The molecule has 2 N–H and O–H groups in total. The van der Waals surface area contributed by atoms with Crippen LogP contribution >= 0.6 is 31.9 Å². The van der Waals surface area contributed by atoms with Gasteiger partial charge in [-0.1, -0.05) is 22.0 Å². The van der Waals surface area contributed by atoms with Crippen molar-refractivity contribution in [3.63, 3.8) is 0 Å². The lowest BCUT2D eigenvalue weighted by Gasteiger charge is -2.13. The summed E-state index contributed by atoms with van der Waals surface area (Å²) in [6, 6.07) is 6.47. The Morgan fingerprint density at radius 1 is 1.17 bits per heavy atom. The summed E-state index contributed by atoms with van der Waals surface area (Å²) >= 11 is 6.57. The molecule has 18 heavy (non-hydrogen) atoms. The van der Waals surface area contributed by atoms with Crippen LogP contribution in [0, 0.1) is 5.82 Å². The molecule has 2 aromatic rings. The second kappa shape index (κ2) is 5.91. The quantitative estimate of drug-likeness (QED) is 0.883. The predicted molar refractivity (Wildman–Crippen MR) is 76.7 cm³/mol. The van der Waals surface area contributed by atoms with E-state index in [1.807, 2.05) is 6.07 Å². The molecule has 0 radical (unpaired) electrons. The number of aromatic nitrogens is 1. The second-order valence-electron chi connectivity index (χ2n) is 3.99. The van der Waals surface area contributed by atoms with Gasteiger partial charge in [0.15, 0.2) is 0 Å². The van der Waals surface area contributed by atoms with Gasteiger partial charge in [0, 0.05) is 32.9 Å². The maximum atomic E-state index is 13.7. The smallest absolute Gasteiger partial charge is 0.129 e. The highest BCUT2D eigenvalue weighted by atomic mass is 79.9. The molecule has 0 amide bonds. The van der Waals surface area contributed by atoms with E-state index in [-0.39, 0.29) is 11.9 Å². The number of hydrogen-bond donors (Lipinski definition) is 1. The largest absolute Gasteiger partial charge is 0.324 e. The molecular weight excluding hydrogens is 363 g/mol. The third-order valence-electron chi connectivity index (χ3n) is 2.58. The summed E-state index contributed by atoms with van der Waals surface area (Å²) in [5, 5.41) is 0. The summed E-state index contributed by atoms with van der Waals surface area (Å²) in [7, 11) is 0. The van der Waals surface area contributed by atoms with Gasteiger partial charge in [-0.3, -0.25) is 4.98 Å². The minimum atomic E-state index is -0.380. The molecule has 1 aromatic carbocycles. The van der Waals surface area contributed by atoms with Gasteiger partial charge in [0.1, 0.15) is 5.82 Å². The molecule has 0 fully saturated rings. The highest BCUT2D eigenvalue weighted by Crippen LogP contribution is 2.23. The van der Waals surface area contributed by atoms with Crippen molar-refractivity contribution in [2.45, 2.75) is 12.5 Å². The average molecular weight is 374 g/mol. The Morgan fingerprint density at radius 2 is 1.94 bits per heavy atom. The lowest BCUT2D eigenvalue weighted by Crippen LogP contribution is -2.15. The highest BCUT2D eigenvalue weighted by molar-refractivity contribution is 9.10. The van der Waals surface area contributed by atoms with E-state index in [0.29, 0.717) is 16.5 Å². The molecule has 2 nitrogen and oxygen atoms in total. The molecule has 1 unspecified atom stereocenters. The van der Waals surface area contributed by atoms with Crippen molar-refractivity contribution >= 4 is 31.9 Å². The molecule has 0 bridgehead atoms. The third-order valence-corrected chi connectivity index (χ3v) is 3.51. The van der Waals surface area contributed by atoms with Crippen molar-refractivity contribution in [1.82, 2.24) is 4.98 Å². The second-order valence-corrected chi connectivity index (χ2v) is 5.82. The monoisotopic (exact) mass is 372 g/mol. The molecule has 0 spiro atoms. The first-order chi connectivity index (χ1) is 8.56. The normalized spacial score (nSPS) is 12.4. The van der Waals surface area contributed by atoms with Crippen LogP contribution in [0.1, 0.15) is 17.2 Å². The SMILES string of the molecule is NC(Cc1cncc(Br)c1)c1ccc(Br)cc1F. The van der Waals surface area contributed by atoms with Crippen LogP contribution in [0.2, 0.25) is 0 Å². The minimum Gasteiger partial charge on any atom is -0.324 e. The van der Waals surface area contributed by atoms with Crippen molar-refractivity contribution in [3.8, 4) is 0 Å². The van der Waals surface area contributed by atoms with Crippen LogP contribution in [0.4, 0.5) is 4.39 Å². The lowest BCUT2D eigenvalue weighted by molar-refractivity contribution is 0.579. The summed E-state index contributed by atoms with van der Waals surface area (Å²) in [5.41, 5.74) is 7.51. The number of rotatable bonds is 3. The third kappa shape index (κ3) is 3.37. The number of nitrogens with two attached hydrogens (primary N) is 1. The zero-order valence-corrected chi connectivity index (χ0v) is 12.6. The van der Waals surface area contributed by atoms with Crippen LogP contribution in [-0.4, -0.2) is 4.98 Å². The first-order valence-electron chi connectivity index (χ1n) is 5.36. The molecule has 5 heteroatoms. The van der Waals surface area contributed by atoms with E-state index in [2.05, 4.69) is 36.8 Å². The van der Waals surface area contributed by atoms with E-state index in [1.165, 1.54) is 6.07 Å². The zero-order valence-electron chi connectivity index (χ0n) is 9.41. The fourth-order valence-corrected chi connectivity index (χ4v) is 2.48. The molecule has 2 rings (SSSR count). The van der Waals surface area contributed by atoms with Crippen LogP contribution < -0.4 is 5.73 Å². The van der Waals surface area contributed by atoms with Crippen molar-refractivity contribution < 1.29 is 4.39 Å². The topological polar surface area (TPSA) is 38.9 Å². The Bertz CT molecular complexity index is 560. The van der Waals surface area contributed by atoms with Crippen molar-refractivity contribution in [1.29, 1.82) is 0 Å². The van der Waals surface area contributed by atoms with Gasteiger partial charge in [-0.05, 0) is 46.1 Å². The summed E-state index contributed by atoms with van der Waals surface area (Å²) < 4.78 is 15.3. The van der Waals surface area contributed by atoms with Crippen LogP contribution in [0.15, 0.2) is 45.6 Å². The molecule has 1 aromatic heterocycles. The van der Waals surface area contributed by atoms with Gasteiger partial charge < -0.3 is 5.73 Å². The van der Waals surface area contributed by atoms with Crippen LogP contribution in [0.3, 0.4) is 0 Å². The molecule has 0 aliphatic rings. The van der Waals surface area contributed by atoms with Crippen LogP contribution in [0.5, 0.6) is 0 Å². The summed E-state index contributed by atoms with van der Waals surface area (Å²) in [6.45, 7) is 0. The van der Waals surface area contributed by atoms with Gasteiger partial charge >= 0.3 is 0 Å². The van der Waals surface area contributed by atoms with E-state index in [0.717, 1.165) is 10.0 Å². The Balaban J connectivity index is 2.19. The highest BCUT2D eigenvalue weighted by Gasteiger charge is 2.12. The average Bonchev–Trinajstić information content (AvgIpc) is 2.28. The molecule has 94 valence electrons. The Morgan fingerprint density at radius 3 is 2.61 bits per heavy atom. The number of hydrogen-bond acceptors (Lipinski definition) is 2. The van der Waals surface area contributed by atoms with Crippen LogP contribution in [-0.2, 0) is 6.42 Å². The Labute approximate surface area is 122 Å². The first kappa shape index (κ1) is 13.6. The van der Waals surface area contributed by atoms with Gasteiger partial charge in [-0.25, -0.2) is 4.39 Å². The number of nitrogens with zero attached hydrogens (tertiary/aromatic N) is 1. The molecular formula is C13H11Br2FN2. The lowest BCUT2D eigenvalue weighted by atomic mass is 10.0. The molecule has 0 saturated carbocycles. The molecule has 0 aliphatic heterocycles. The molecule has 1 heterocycles. The summed E-state index contributed by atoms with van der Waals surface area (Å²) in [4.78, 5) is 4.06. The number of halogens is 3. The van der Waals surface area contributed by atoms with E-state index in [4.69, 9.17) is 5.73 Å². The molecule has 1 atom stereocenters. The maximum absolute atomic E-state index is 13.7. The Hall–Kier alpha value is -0.780. The fraction of sp³-hybridized carbons (Fsp3) is 0.154. The maximum Gasteiger partial charge on any atom is 0.129 e. The van der Waals surface area contributed by atoms with Crippen molar-refractivity contribution in [2.75, 3.05) is 0 Å². The zero-order chi connectivity index (χ0) is 13.1. The molecule has 0 saturated heterocycles. The number of pyridine rings is 1. The van der Waals surface area contributed by atoms with Gasteiger partial charge in [-0.15, -0.1) is 0 Å². The summed E-state index contributed by atoms with van der Waals surface area (Å²) in [5.74, 6) is -0.292. The molecule has 0 aliphatic carbocycles. The van der Waals surface area contributed by atoms with E-state index < -0.39 is 0 Å². The minimum absolute atomic E-state index is 0.292.